The molecule has 0 aliphatic rings. The first-order valence-electron chi connectivity index (χ1n) is 7.80. The molecule has 0 spiro atoms. The van der Waals surface area contributed by atoms with Gasteiger partial charge in [-0.3, -0.25) is 0 Å². The summed E-state index contributed by atoms with van der Waals surface area (Å²) in [6.07, 6.45) is 1.87. The highest BCUT2D eigenvalue weighted by atomic mass is 32.2. The second kappa shape index (κ2) is 7.21. The van der Waals surface area contributed by atoms with Gasteiger partial charge in [0, 0.05) is 13.0 Å². The predicted octanol–water partition coefficient (Wildman–Crippen LogP) is 2.67. The van der Waals surface area contributed by atoms with Gasteiger partial charge in [0.05, 0.1) is 10.3 Å². The minimum absolute atomic E-state index is 0.0851. The number of benzene rings is 2. The van der Waals surface area contributed by atoms with Crippen LogP contribution in [0.25, 0.3) is 10.8 Å². The summed E-state index contributed by atoms with van der Waals surface area (Å²) in [4.78, 5) is -0.0851. The summed E-state index contributed by atoms with van der Waals surface area (Å²) in [7, 11) is -4.33. The molecule has 0 amide bonds. The maximum absolute atomic E-state index is 10.8. The maximum Gasteiger partial charge on any atom is 0.216 e. The van der Waals surface area contributed by atoms with Crippen molar-refractivity contribution in [2.45, 2.75) is 32.6 Å². The summed E-state index contributed by atoms with van der Waals surface area (Å²) < 4.78 is 34.1. The average molecular weight is 358 g/mol. The van der Waals surface area contributed by atoms with Gasteiger partial charge in [-0.1, -0.05) is 40.6 Å². The van der Waals surface area contributed by atoms with Gasteiger partial charge in [-0.05, 0) is 43.4 Å². The largest absolute Gasteiger partial charge is 0.744 e. The van der Waals surface area contributed by atoms with Crippen LogP contribution in [0, 0.1) is 27.7 Å². The Bertz CT molecular complexity index is 1010. The number of pyridine rings is 1. The first-order chi connectivity index (χ1) is 11.6. The van der Waals surface area contributed by atoms with Crippen molar-refractivity contribution in [1.29, 1.82) is 0 Å². The van der Waals surface area contributed by atoms with Crippen LogP contribution in [0.1, 0.15) is 22.4 Å². The second-order valence-corrected chi connectivity index (χ2v) is 7.39. The molecule has 0 fully saturated rings. The van der Waals surface area contributed by atoms with Crippen LogP contribution in [0.4, 0.5) is 0 Å². The van der Waals surface area contributed by atoms with Crippen LogP contribution in [0.3, 0.4) is 0 Å². The summed E-state index contributed by atoms with van der Waals surface area (Å²) in [5, 5.41) is 2.44. The quantitative estimate of drug-likeness (QED) is 0.411. The molecule has 2 N–H and O–H groups in total. The molecule has 2 aromatic carbocycles. The monoisotopic (exact) mass is 358 g/mol. The zero-order chi connectivity index (χ0) is 18.8. The van der Waals surface area contributed by atoms with E-state index in [1.807, 2.05) is 38.2 Å². The number of fused-ring (bicyclic) bond motifs is 1. The van der Waals surface area contributed by atoms with Gasteiger partial charge in [0.15, 0.2) is 6.20 Å². The molecule has 0 aliphatic carbocycles. The number of hydrogen-bond acceptors (Lipinski definition) is 4. The lowest BCUT2D eigenvalue weighted by molar-refractivity contribution is -0.643. The zero-order valence-corrected chi connectivity index (χ0v) is 15.6. The minimum atomic E-state index is -4.33. The Labute approximate surface area is 148 Å². The molecule has 5 nitrogen and oxygen atoms in total. The molecule has 3 rings (SSSR count). The summed E-state index contributed by atoms with van der Waals surface area (Å²) in [5.41, 5.74) is 3.09. The first kappa shape index (κ1) is 18.9. The molecule has 0 radical (unpaired) electrons. The summed E-state index contributed by atoms with van der Waals surface area (Å²) in [5.74, 6) is 5.70. The molecule has 0 aliphatic heterocycles. The van der Waals surface area contributed by atoms with Crippen molar-refractivity contribution >= 4 is 20.9 Å². The Morgan fingerprint density at radius 2 is 1.52 bits per heavy atom. The smallest absolute Gasteiger partial charge is 0.216 e. The van der Waals surface area contributed by atoms with Crippen LogP contribution in [0.2, 0.25) is 0 Å². The van der Waals surface area contributed by atoms with Crippen molar-refractivity contribution in [3.05, 3.63) is 71.0 Å². The fraction of sp³-hybridized carbons (Fsp3) is 0.211. The molecule has 1 aromatic heterocycles. The van der Waals surface area contributed by atoms with Gasteiger partial charge in [0.1, 0.15) is 10.1 Å². The van der Waals surface area contributed by atoms with Crippen molar-refractivity contribution in [1.82, 2.24) is 0 Å². The maximum atomic E-state index is 10.8. The van der Waals surface area contributed by atoms with Crippen LogP contribution in [0.5, 0.6) is 0 Å². The molecule has 0 saturated heterocycles. The lowest BCUT2D eigenvalue weighted by Gasteiger charge is -2.14. The van der Waals surface area contributed by atoms with Crippen LogP contribution in [-0.2, 0) is 10.1 Å². The Kier molecular flexibility index (Phi) is 5.45. The van der Waals surface area contributed by atoms with Crippen molar-refractivity contribution in [2.24, 2.45) is 0 Å². The van der Waals surface area contributed by atoms with E-state index in [4.69, 9.17) is 5.84 Å². The van der Waals surface area contributed by atoms with Crippen molar-refractivity contribution in [3.8, 4) is 0 Å². The van der Waals surface area contributed by atoms with E-state index in [1.54, 1.807) is 30.7 Å². The standard InChI is InChI=1S/C10H11N2.C9H12O3S/c1-8-10-5-3-2-4-9(10)6-7-12(8)11;1-6-4-7(2)9(8(3)5-6)13(10,11)12/h2-7H,11H2,1H3;4-5H,1-3H3,(H,10,11,12)/q+1;/p-1. The second-order valence-electron chi connectivity index (χ2n) is 6.08. The zero-order valence-electron chi connectivity index (χ0n) is 14.8. The number of rotatable bonds is 1. The Hall–Kier alpha value is -2.44. The summed E-state index contributed by atoms with van der Waals surface area (Å²) in [6, 6.07) is 13.6. The van der Waals surface area contributed by atoms with Crippen LogP contribution >= 0.6 is 0 Å². The van der Waals surface area contributed by atoms with E-state index in [2.05, 4.69) is 12.1 Å². The first-order valence-corrected chi connectivity index (χ1v) is 9.21. The van der Waals surface area contributed by atoms with Crippen LogP contribution in [0.15, 0.2) is 53.6 Å². The molecule has 0 atom stereocenters. The third-order valence-corrected chi connectivity index (χ3v) is 5.15. The van der Waals surface area contributed by atoms with Crippen molar-refractivity contribution in [3.63, 3.8) is 0 Å². The number of nitrogen functional groups attached to an aromatic ring is 1. The molecule has 132 valence electrons. The molecule has 25 heavy (non-hydrogen) atoms. The lowest BCUT2D eigenvalue weighted by Crippen LogP contribution is -2.46. The fourth-order valence-corrected chi connectivity index (χ4v) is 3.85. The highest BCUT2D eigenvalue weighted by Crippen LogP contribution is 2.20. The van der Waals surface area contributed by atoms with Crippen LogP contribution in [-0.4, -0.2) is 13.0 Å². The molecule has 0 bridgehead atoms. The van der Waals surface area contributed by atoms with Crippen molar-refractivity contribution < 1.29 is 17.6 Å². The highest BCUT2D eigenvalue weighted by molar-refractivity contribution is 7.85. The van der Waals surface area contributed by atoms with Gasteiger partial charge in [0.25, 0.3) is 0 Å². The molecule has 0 unspecified atom stereocenters. The van der Waals surface area contributed by atoms with Gasteiger partial charge in [-0.25, -0.2) is 14.3 Å². The summed E-state index contributed by atoms with van der Waals surface area (Å²) in [6.45, 7) is 7.14. The normalized spacial score (nSPS) is 11.1. The number of aromatic nitrogens is 1. The van der Waals surface area contributed by atoms with Gasteiger partial charge >= 0.3 is 0 Å². The predicted molar refractivity (Wildman–Crippen MR) is 97.6 cm³/mol. The Morgan fingerprint density at radius 3 is 2.08 bits per heavy atom. The van der Waals surface area contributed by atoms with E-state index >= 15 is 0 Å². The molecular weight excluding hydrogens is 336 g/mol. The van der Waals surface area contributed by atoms with E-state index < -0.39 is 10.1 Å². The summed E-state index contributed by atoms with van der Waals surface area (Å²) >= 11 is 0. The topological polar surface area (TPSA) is 87.1 Å². The molecular formula is C19H22N2O3S. The van der Waals surface area contributed by atoms with Gasteiger partial charge < -0.3 is 4.55 Å². The van der Waals surface area contributed by atoms with Crippen LogP contribution < -0.4 is 10.5 Å². The Morgan fingerprint density at radius 1 is 0.960 bits per heavy atom. The van der Waals surface area contributed by atoms with Crippen molar-refractivity contribution in [2.75, 3.05) is 5.84 Å². The average Bonchev–Trinajstić information content (AvgIpc) is 2.49. The van der Waals surface area contributed by atoms with E-state index in [9.17, 15) is 13.0 Å². The molecule has 1 heterocycles. The van der Waals surface area contributed by atoms with E-state index in [0.29, 0.717) is 11.1 Å². The number of nitrogens with zero attached hydrogens (tertiary/aromatic N) is 1. The van der Waals surface area contributed by atoms with Gasteiger partial charge in [-0.2, -0.15) is 0 Å². The van der Waals surface area contributed by atoms with E-state index in [0.717, 1.165) is 11.3 Å². The van der Waals surface area contributed by atoms with E-state index in [1.165, 1.54) is 10.8 Å². The van der Waals surface area contributed by atoms with Gasteiger partial charge in [-0.15, -0.1) is 0 Å². The molecule has 0 saturated carbocycles. The Balaban J connectivity index is 0.000000181. The number of nitrogens with two attached hydrogens (primary N) is 1. The highest BCUT2D eigenvalue weighted by Gasteiger charge is 2.09. The SMILES string of the molecule is Cc1c2ccccc2cc[n+]1N.Cc1cc(C)c(S(=O)(=O)[O-])c(C)c1. The third-order valence-electron chi connectivity index (χ3n) is 4.01. The van der Waals surface area contributed by atoms with E-state index in [-0.39, 0.29) is 4.90 Å². The minimum Gasteiger partial charge on any atom is -0.744 e. The number of hydrogen-bond donors (Lipinski definition) is 1. The lowest BCUT2D eigenvalue weighted by atomic mass is 10.1. The number of aryl methyl sites for hydroxylation is 4. The third kappa shape index (κ3) is 4.35. The molecule has 6 heteroatoms. The fourth-order valence-electron chi connectivity index (χ4n) is 2.94. The van der Waals surface area contributed by atoms with Gasteiger partial charge in [0.2, 0.25) is 5.69 Å². The molecule has 3 aromatic rings.